The zero-order chi connectivity index (χ0) is 13.1. The number of nitrogens with two attached hydrogens (primary N) is 1. The number of aliphatic hydroxyl groups excluding tert-OH is 1. The standard InChI is InChI=1S/C15H19NO2/c1-10-3-6-12(7-4-10)13(9-16)15(17)14-8-5-11(2)18-14/h3-8,13,15,17H,9,16H2,1-2H3. The topological polar surface area (TPSA) is 59.4 Å². The summed E-state index contributed by atoms with van der Waals surface area (Å²) in [7, 11) is 0. The van der Waals surface area contributed by atoms with Crippen LogP contribution in [0.3, 0.4) is 0 Å². The van der Waals surface area contributed by atoms with Crippen molar-refractivity contribution < 1.29 is 9.52 Å². The molecule has 0 aliphatic heterocycles. The first-order valence-electron chi connectivity index (χ1n) is 6.13. The van der Waals surface area contributed by atoms with Crippen molar-refractivity contribution in [3.63, 3.8) is 0 Å². The van der Waals surface area contributed by atoms with E-state index < -0.39 is 6.10 Å². The molecule has 1 aromatic heterocycles. The van der Waals surface area contributed by atoms with Gasteiger partial charge in [-0.3, -0.25) is 0 Å². The lowest BCUT2D eigenvalue weighted by Gasteiger charge is -2.20. The molecule has 0 aliphatic carbocycles. The first kappa shape index (κ1) is 12.9. The van der Waals surface area contributed by atoms with Crippen LogP contribution in [0.2, 0.25) is 0 Å². The summed E-state index contributed by atoms with van der Waals surface area (Å²) in [6.45, 7) is 4.27. The Balaban J connectivity index is 2.25. The third-order valence-corrected chi connectivity index (χ3v) is 3.19. The van der Waals surface area contributed by atoms with Crippen LogP contribution in [0.25, 0.3) is 0 Å². The summed E-state index contributed by atoms with van der Waals surface area (Å²) in [5.41, 5.74) is 8.01. The van der Waals surface area contributed by atoms with Crippen LogP contribution in [-0.4, -0.2) is 11.7 Å². The summed E-state index contributed by atoms with van der Waals surface area (Å²) in [4.78, 5) is 0. The van der Waals surface area contributed by atoms with E-state index in [1.54, 1.807) is 6.07 Å². The van der Waals surface area contributed by atoms with Crippen LogP contribution in [0.15, 0.2) is 40.8 Å². The highest BCUT2D eigenvalue weighted by Crippen LogP contribution is 2.31. The normalized spacial score (nSPS) is 14.4. The molecule has 0 saturated carbocycles. The van der Waals surface area contributed by atoms with Gasteiger partial charge in [-0.25, -0.2) is 0 Å². The molecule has 3 heteroatoms. The minimum absolute atomic E-state index is 0.142. The van der Waals surface area contributed by atoms with E-state index in [1.807, 2.05) is 44.2 Å². The summed E-state index contributed by atoms with van der Waals surface area (Å²) in [5.74, 6) is 1.23. The lowest BCUT2D eigenvalue weighted by atomic mass is 9.91. The largest absolute Gasteiger partial charge is 0.464 e. The van der Waals surface area contributed by atoms with Crippen LogP contribution in [0.4, 0.5) is 0 Å². The van der Waals surface area contributed by atoms with Crippen molar-refractivity contribution in [2.24, 2.45) is 5.73 Å². The second-order valence-electron chi connectivity index (χ2n) is 4.65. The van der Waals surface area contributed by atoms with Crippen molar-refractivity contribution in [2.45, 2.75) is 25.9 Å². The average molecular weight is 245 g/mol. The van der Waals surface area contributed by atoms with Crippen molar-refractivity contribution in [2.75, 3.05) is 6.54 Å². The Morgan fingerprint density at radius 1 is 1.11 bits per heavy atom. The molecule has 0 fully saturated rings. The molecule has 0 spiro atoms. The third-order valence-electron chi connectivity index (χ3n) is 3.19. The molecular formula is C15H19NO2. The van der Waals surface area contributed by atoms with Crippen LogP contribution in [-0.2, 0) is 0 Å². The van der Waals surface area contributed by atoms with Gasteiger partial charge in [-0.2, -0.15) is 0 Å². The van der Waals surface area contributed by atoms with Gasteiger partial charge in [0.05, 0.1) is 0 Å². The molecule has 1 heterocycles. The van der Waals surface area contributed by atoms with E-state index in [4.69, 9.17) is 10.2 Å². The van der Waals surface area contributed by atoms with Crippen LogP contribution >= 0.6 is 0 Å². The van der Waals surface area contributed by atoms with E-state index in [-0.39, 0.29) is 5.92 Å². The highest BCUT2D eigenvalue weighted by molar-refractivity contribution is 5.27. The Morgan fingerprint density at radius 3 is 2.28 bits per heavy atom. The number of furan rings is 1. The fourth-order valence-electron chi connectivity index (χ4n) is 2.07. The minimum Gasteiger partial charge on any atom is -0.464 e. The van der Waals surface area contributed by atoms with Gasteiger partial charge in [-0.05, 0) is 31.5 Å². The van der Waals surface area contributed by atoms with Crippen LogP contribution in [0, 0.1) is 13.8 Å². The molecule has 3 N–H and O–H groups in total. The predicted molar refractivity (Wildman–Crippen MR) is 71.4 cm³/mol. The fourth-order valence-corrected chi connectivity index (χ4v) is 2.07. The quantitative estimate of drug-likeness (QED) is 0.870. The SMILES string of the molecule is Cc1ccc(C(CN)C(O)c2ccc(C)o2)cc1. The smallest absolute Gasteiger partial charge is 0.133 e. The Morgan fingerprint density at radius 2 is 1.78 bits per heavy atom. The van der Waals surface area contributed by atoms with Crippen molar-refractivity contribution in [1.29, 1.82) is 0 Å². The van der Waals surface area contributed by atoms with Gasteiger partial charge >= 0.3 is 0 Å². The second kappa shape index (κ2) is 5.38. The molecular weight excluding hydrogens is 226 g/mol. The highest BCUT2D eigenvalue weighted by Gasteiger charge is 2.23. The number of rotatable bonds is 4. The van der Waals surface area contributed by atoms with Crippen LogP contribution in [0.5, 0.6) is 0 Å². The summed E-state index contributed by atoms with van der Waals surface area (Å²) in [5, 5.41) is 10.3. The summed E-state index contributed by atoms with van der Waals surface area (Å²) in [6.07, 6.45) is -0.702. The van der Waals surface area contributed by atoms with E-state index >= 15 is 0 Å². The van der Waals surface area contributed by atoms with Gasteiger partial charge in [0.1, 0.15) is 17.6 Å². The molecule has 0 bridgehead atoms. The summed E-state index contributed by atoms with van der Waals surface area (Å²) >= 11 is 0. The third kappa shape index (κ3) is 2.63. The fraction of sp³-hybridized carbons (Fsp3) is 0.333. The molecule has 0 amide bonds. The van der Waals surface area contributed by atoms with Crippen molar-refractivity contribution >= 4 is 0 Å². The molecule has 1 aromatic carbocycles. The number of benzene rings is 1. The first-order valence-corrected chi connectivity index (χ1v) is 6.13. The van der Waals surface area contributed by atoms with E-state index in [1.165, 1.54) is 5.56 Å². The van der Waals surface area contributed by atoms with Crippen molar-refractivity contribution in [1.82, 2.24) is 0 Å². The van der Waals surface area contributed by atoms with Gasteiger partial charge in [0.15, 0.2) is 0 Å². The summed E-state index contributed by atoms with van der Waals surface area (Å²) in [6, 6.07) is 11.7. The molecule has 2 rings (SSSR count). The monoisotopic (exact) mass is 245 g/mol. The van der Waals surface area contributed by atoms with Gasteiger partial charge in [-0.1, -0.05) is 29.8 Å². The van der Waals surface area contributed by atoms with Crippen molar-refractivity contribution in [3.05, 3.63) is 59.0 Å². The summed E-state index contributed by atoms with van der Waals surface area (Å²) < 4.78 is 5.47. The average Bonchev–Trinajstić information content (AvgIpc) is 2.79. The van der Waals surface area contributed by atoms with E-state index in [2.05, 4.69) is 0 Å². The maximum atomic E-state index is 10.3. The molecule has 2 atom stereocenters. The highest BCUT2D eigenvalue weighted by atomic mass is 16.4. The first-order chi connectivity index (χ1) is 8.61. The van der Waals surface area contributed by atoms with E-state index in [0.29, 0.717) is 12.3 Å². The molecule has 0 radical (unpaired) electrons. The van der Waals surface area contributed by atoms with Gasteiger partial charge in [-0.15, -0.1) is 0 Å². The number of aryl methyl sites for hydroxylation is 2. The van der Waals surface area contributed by atoms with Gasteiger partial charge in [0.2, 0.25) is 0 Å². The van der Waals surface area contributed by atoms with Gasteiger partial charge in [0.25, 0.3) is 0 Å². The molecule has 96 valence electrons. The number of aliphatic hydroxyl groups is 1. The Hall–Kier alpha value is -1.58. The maximum Gasteiger partial charge on any atom is 0.133 e. The Labute approximate surface area is 107 Å². The maximum absolute atomic E-state index is 10.3. The molecule has 0 saturated heterocycles. The van der Waals surface area contributed by atoms with Crippen molar-refractivity contribution in [3.8, 4) is 0 Å². The minimum atomic E-state index is -0.702. The van der Waals surface area contributed by atoms with E-state index in [0.717, 1.165) is 11.3 Å². The predicted octanol–water partition coefficient (Wildman–Crippen LogP) is 2.67. The second-order valence-corrected chi connectivity index (χ2v) is 4.65. The molecule has 0 aliphatic rings. The molecule has 3 nitrogen and oxygen atoms in total. The van der Waals surface area contributed by atoms with Gasteiger partial charge < -0.3 is 15.3 Å². The number of hydrogen-bond donors (Lipinski definition) is 2. The van der Waals surface area contributed by atoms with Crippen LogP contribution in [0.1, 0.15) is 34.7 Å². The zero-order valence-electron chi connectivity index (χ0n) is 10.8. The Kier molecular flexibility index (Phi) is 3.84. The molecule has 2 aromatic rings. The lowest BCUT2D eigenvalue weighted by Crippen LogP contribution is -2.19. The van der Waals surface area contributed by atoms with E-state index in [9.17, 15) is 5.11 Å². The lowest BCUT2D eigenvalue weighted by molar-refractivity contribution is 0.121. The molecule has 18 heavy (non-hydrogen) atoms. The molecule has 2 unspecified atom stereocenters. The van der Waals surface area contributed by atoms with Crippen LogP contribution < -0.4 is 5.73 Å². The Bertz CT molecular complexity index is 501. The van der Waals surface area contributed by atoms with Gasteiger partial charge in [0, 0.05) is 12.5 Å². The number of hydrogen-bond acceptors (Lipinski definition) is 3. The zero-order valence-corrected chi connectivity index (χ0v) is 10.8.